The van der Waals surface area contributed by atoms with Crippen LogP contribution in [0.3, 0.4) is 0 Å². The van der Waals surface area contributed by atoms with Crippen molar-refractivity contribution in [2.45, 2.75) is 13.7 Å². The molecular weight excluding hydrogens is 271 g/mol. The first-order valence-corrected chi connectivity index (χ1v) is 7.21. The van der Waals surface area contributed by atoms with Crippen LogP contribution in [0, 0.1) is 10.1 Å². The number of likely N-dealkylation sites (N-methyl/N-ethyl adjacent to an activating group) is 1. The topological polar surface area (TPSA) is 81.9 Å². The first kappa shape index (κ1) is 15.6. The van der Waals surface area contributed by atoms with Gasteiger partial charge in [-0.25, -0.2) is 0 Å². The monoisotopic (exact) mass is 292 g/mol. The molecule has 114 valence electrons. The molecule has 0 aliphatic carbocycles. The van der Waals surface area contributed by atoms with Crippen molar-refractivity contribution >= 4 is 24.1 Å². The van der Waals surface area contributed by atoms with E-state index in [1.165, 1.54) is 12.9 Å². The fraction of sp³-hybridized carbons (Fsp3) is 0.538. The molecule has 2 rings (SSSR count). The molecule has 8 heteroatoms. The molecule has 1 heterocycles. The Morgan fingerprint density at radius 1 is 1.38 bits per heavy atom. The molecule has 0 bridgehead atoms. The molecule has 0 aromatic heterocycles. The smallest absolute Gasteiger partial charge is 0.407 e. The molecule has 2 N–H and O–H groups in total. The third-order valence-corrected chi connectivity index (χ3v) is 3.73. The average molecular weight is 292 g/mol. The molecule has 0 spiro atoms. The van der Waals surface area contributed by atoms with Gasteiger partial charge >= 0.3 is 7.05 Å². The third kappa shape index (κ3) is 3.86. The van der Waals surface area contributed by atoms with E-state index in [4.69, 9.17) is 0 Å². The Labute approximate surface area is 124 Å². The predicted molar refractivity (Wildman–Crippen MR) is 84.9 cm³/mol. The fourth-order valence-electron chi connectivity index (χ4n) is 2.54. The third-order valence-electron chi connectivity index (χ3n) is 3.73. The summed E-state index contributed by atoms with van der Waals surface area (Å²) in [5, 5.41) is 23.2. The highest BCUT2D eigenvalue weighted by Crippen LogP contribution is 2.30. The van der Waals surface area contributed by atoms with E-state index >= 15 is 0 Å². The van der Waals surface area contributed by atoms with Gasteiger partial charge in [-0.2, -0.15) is 0 Å². The second-order valence-corrected chi connectivity index (χ2v) is 5.20. The normalized spacial score (nSPS) is 15.9. The number of hydrogen-bond donors (Lipinski definition) is 2. The number of nitrogens with one attached hydrogen (secondary N) is 1. The highest BCUT2D eigenvalue weighted by molar-refractivity contribution is 6.53. The van der Waals surface area contributed by atoms with Crippen LogP contribution in [0.4, 0.5) is 17.1 Å². The largest absolute Gasteiger partial charge is 0.433 e. The van der Waals surface area contributed by atoms with Crippen molar-refractivity contribution in [3.05, 3.63) is 28.3 Å². The summed E-state index contributed by atoms with van der Waals surface area (Å²) in [4.78, 5) is 15.2. The van der Waals surface area contributed by atoms with Gasteiger partial charge in [0.05, 0.1) is 4.92 Å². The van der Waals surface area contributed by atoms with Gasteiger partial charge in [0, 0.05) is 37.9 Å². The maximum Gasteiger partial charge on any atom is 0.407 e. The average Bonchev–Trinajstić information content (AvgIpc) is 2.46. The maximum atomic E-state index is 11.0. The lowest BCUT2D eigenvalue weighted by molar-refractivity contribution is -0.383. The number of nitro groups is 1. The van der Waals surface area contributed by atoms with E-state index in [2.05, 4.69) is 22.0 Å². The van der Waals surface area contributed by atoms with Crippen LogP contribution >= 0.6 is 0 Å². The highest BCUT2D eigenvalue weighted by atomic mass is 16.6. The molecule has 1 fully saturated rings. The summed E-state index contributed by atoms with van der Waals surface area (Å²) in [5.41, 5.74) is 1.27. The molecule has 0 radical (unpaired) electrons. The van der Waals surface area contributed by atoms with Crippen molar-refractivity contribution in [3.63, 3.8) is 0 Å². The molecule has 0 amide bonds. The Balaban J connectivity index is 2.19. The van der Waals surface area contributed by atoms with Gasteiger partial charge in [0.15, 0.2) is 0 Å². The van der Waals surface area contributed by atoms with Gasteiger partial charge in [-0.3, -0.25) is 10.1 Å². The van der Waals surface area contributed by atoms with Crippen molar-refractivity contribution in [3.8, 4) is 0 Å². The van der Waals surface area contributed by atoms with Gasteiger partial charge in [0.1, 0.15) is 5.69 Å². The van der Waals surface area contributed by atoms with Gasteiger partial charge in [-0.15, -0.1) is 0 Å². The van der Waals surface area contributed by atoms with Crippen LogP contribution in [-0.4, -0.2) is 54.6 Å². The van der Waals surface area contributed by atoms with E-state index in [0.29, 0.717) is 5.69 Å². The number of benzene rings is 1. The summed E-state index contributed by atoms with van der Waals surface area (Å²) < 4.78 is 0. The number of nitro benzene ring substituents is 1. The van der Waals surface area contributed by atoms with Crippen molar-refractivity contribution in [1.29, 1.82) is 0 Å². The zero-order chi connectivity index (χ0) is 15.4. The minimum atomic E-state index is -0.837. The Morgan fingerprint density at radius 3 is 2.57 bits per heavy atom. The first-order chi connectivity index (χ1) is 10.0. The molecule has 0 atom stereocenters. The van der Waals surface area contributed by atoms with Gasteiger partial charge in [0.25, 0.3) is 5.69 Å². The van der Waals surface area contributed by atoms with E-state index in [9.17, 15) is 15.1 Å². The fourth-order valence-corrected chi connectivity index (χ4v) is 2.54. The van der Waals surface area contributed by atoms with Crippen molar-refractivity contribution in [2.24, 2.45) is 0 Å². The Hall–Kier alpha value is -1.80. The van der Waals surface area contributed by atoms with Gasteiger partial charge < -0.3 is 20.1 Å². The molecule has 1 saturated heterocycles. The molecule has 1 aromatic rings. The van der Waals surface area contributed by atoms with Crippen LogP contribution in [0.1, 0.15) is 6.92 Å². The van der Waals surface area contributed by atoms with E-state index in [0.717, 1.165) is 38.4 Å². The summed E-state index contributed by atoms with van der Waals surface area (Å²) in [6, 6.07) is 5.01. The van der Waals surface area contributed by atoms with Crippen LogP contribution < -0.4 is 10.1 Å². The Kier molecular flexibility index (Phi) is 5.03. The number of anilines is 2. The van der Waals surface area contributed by atoms with Crippen LogP contribution in [0.5, 0.6) is 0 Å². The van der Waals surface area contributed by atoms with Crippen LogP contribution in [0.2, 0.25) is 6.82 Å². The van der Waals surface area contributed by atoms with Crippen LogP contribution in [0.15, 0.2) is 18.2 Å². The number of nitrogens with zero attached hydrogens (tertiary/aromatic N) is 3. The molecule has 0 saturated carbocycles. The molecule has 1 aliphatic heterocycles. The van der Waals surface area contributed by atoms with Gasteiger partial charge in [0.2, 0.25) is 0 Å². The lowest BCUT2D eigenvalue weighted by Crippen LogP contribution is -2.46. The van der Waals surface area contributed by atoms with E-state index in [-0.39, 0.29) is 5.69 Å². The molecular formula is C13H21BN4O3. The lowest BCUT2D eigenvalue weighted by atomic mass is 9.88. The number of piperazine rings is 1. The van der Waals surface area contributed by atoms with Crippen molar-refractivity contribution in [1.82, 2.24) is 4.90 Å². The van der Waals surface area contributed by atoms with E-state index in [1.54, 1.807) is 12.1 Å². The zero-order valence-corrected chi connectivity index (χ0v) is 12.5. The van der Waals surface area contributed by atoms with Crippen LogP contribution in [0.25, 0.3) is 0 Å². The predicted octanol–water partition coefficient (Wildman–Crippen LogP) is 1.26. The van der Waals surface area contributed by atoms with Crippen molar-refractivity contribution < 1.29 is 9.95 Å². The molecule has 21 heavy (non-hydrogen) atoms. The summed E-state index contributed by atoms with van der Waals surface area (Å²) in [5.74, 6) is 0. The van der Waals surface area contributed by atoms with E-state index in [1.807, 2.05) is 0 Å². The molecule has 1 aromatic carbocycles. The number of rotatable bonds is 5. The van der Waals surface area contributed by atoms with Gasteiger partial charge in [-0.1, -0.05) is 6.92 Å². The summed E-state index contributed by atoms with van der Waals surface area (Å²) in [6.45, 7) is 8.52. The van der Waals surface area contributed by atoms with Gasteiger partial charge in [-0.05, 0) is 25.5 Å². The zero-order valence-electron chi connectivity index (χ0n) is 12.5. The second kappa shape index (κ2) is 6.77. The minimum Gasteiger partial charge on any atom is -0.433 e. The first-order valence-electron chi connectivity index (χ1n) is 7.21. The minimum absolute atomic E-state index is 0.0214. The van der Waals surface area contributed by atoms with E-state index < -0.39 is 12.0 Å². The molecule has 0 unspecified atom stereocenters. The van der Waals surface area contributed by atoms with Crippen LogP contribution in [-0.2, 0) is 0 Å². The highest BCUT2D eigenvalue weighted by Gasteiger charge is 2.21. The summed E-state index contributed by atoms with van der Waals surface area (Å²) in [7, 11) is -0.837. The Bertz CT molecular complexity index is 504. The molecule has 1 aliphatic rings. The molecule has 7 nitrogen and oxygen atoms in total. The number of hydrogen-bond acceptors (Lipinski definition) is 6. The summed E-state index contributed by atoms with van der Waals surface area (Å²) >= 11 is 0. The quantitative estimate of drug-likeness (QED) is 0.483. The SMILES string of the molecule is CCN1CCN(c2ccc([N+](=O)[O-])c(NB(C)O)c2)CC1. The second-order valence-electron chi connectivity index (χ2n) is 5.20. The Morgan fingerprint density at radius 2 is 2.05 bits per heavy atom. The maximum absolute atomic E-state index is 11.0. The lowest BCUT2D eigenvalue weighted by Gasteiger charge is -2.35. The van der Waals surface area contributed by atoms with Crippen molar-refractivity contribution in [2.75, 3.05) is 42.9 Å². The standard InChI is InChI=1S/C13H21BN4O3/c1-3-16-6-8-17(9-7-16)11-4-5-13(18(20)21)12(10-11)15-14(2)19/h4-5,10,15,19H,3,6-9H2,1-2H3. The summed E-state index contributed by atoms with van der Waals surface area (Å²) in [6.07, 6.45) is 0.